The van der Waals surface area contributed by atoms with Gasteiger partial charge in [0.05, 0.1) is 11.2 Å². The first kappa shape index (κ1) is 24.8. The van der Waals surface area contributed by atoms with E-state index < -0.39 is 5.60 Å². The van der Waals surface area contributed by atoms with E-state index in [-0.39, 0.29) is 12.0 Å². The summed E-state index contributed by atoms with van der Waals surface area (Å²) in [5.41, 5.74) is 3.56. The maximum Gasteiger partial charge on any atom is 0.208 e. The second-order valence-corrected chi connectivity index (χ2v) is 10.0. The van der Waals surface area contributed by atoms with E-state index in [0.717, 1.165) is 48.3 Å². The van der Waals surface area contributed by atoms with Crippen molar-refractivity contribution in [2.45, 2.75) is 37.7 Å². The molecular formula is C29H31ClN2O4. The largest absolute Gasteiger partial charge is 0.440 e. The number of hydrogen-bond donors (Lipinski definition) is 3. The Morgan fingerprint density at radius 3 is 2.64 bits per heavy atom. The molecule has 188 valence electrons. The molecule has 3 heterocycles. The highest BCUT2D eigenvalue weighted by molar-refractivity contribution is 6.30. The predicted molar refractivity (Wildman–Crippen MR) is 142 cm³/mol. The highest BCUT2D eigenvalue weighted by Gasteiger charge is 2.33. The molecule has 36 heavy (non-hydrogen) atoms. The third-order valence-corrected chi connectivity index (χ3v) is 7.59. The van der Waals surface area contributed by atoms with Crippen LogP contribution in [0.3, 0.4) is 0 Å². The van der Waals surface area contributed by atoms with Crippen LogP contribution in [0.4, 0.5) is 0 Å². The number of H-pyrrole nitrogens is 1. The number of pyridine rings is 1. The first-order chi connectivity index (χ1) is 17.5. The van der Waals surface area contributed by atoms with Crippen LogP contribution in [-0.4, -0.2) is 46.3 Å². The molecule has 0 amide bonds. The van der Waals surface area contributed by atoms with Crippen LogP contribution < -0.4 is 10.2 Å². The summed E-state index contributed by atoms with van der Waals surface area (Å²) in [6.45, 7) is 2.49. The zero-order chi connectivity index (χ0) is 25.1. The molecule has 0 aliphatic carbocycles. The van der Waals surface area contributed by atoms with Crippen LogP contribution in [0, 0.1) is 0 Å². The quantitative estimate of drug-likeness (QED) is 0.452. The summed E-state index contributed by atoms with van der Waals surface area (Å²) < 4.78 is 6.14. The third-order valence-electron chi connectivity index (χ3n) is 7.34. The number of nitrogens with one attached hydrogen (secondary N) is 1. The summed E-state index contributed by atoms with van der Waals surface area (Å²) in [5.74, 6) is 1.17. The molecule has 3 aromatic rings. The molecule has 2 aliphatic rings. The summed E-state index contributed by atoms with van der Waals surface area (Å²) in [6.07, 6.45) is 6.97. The van der Waals surface area contributed by atoms with Crippen molar-refractivity contribution in [1.29, 1.82) is 0 Å². The number of hydrogen-bond acceptors (Lipinski definition) is 5. The predicted octanol–water partition coefficient (Wildman–Crippen LogP) is 4.67. The number of aliphatic hydroxyl groups excluding tert-OH is 1. The molecule has 7 heteroatoms. The molecule has 2 aliphatic heterocycles. The minimum atomic E-state index is -0.822. The number of allylic oxidation sites excluding steroid dienone is 1. The number of rotatable bonds is 6. The standard InChI is InChI=1S/C29H31ClN2O4/c30-23-8-6-22(7-9-23)29(35)12-16-32(17-13-29)15-2-4-21-19-24-20(11-18-33)3-1-5-26(24)36-28-27(21)25(34)10-14-31-28/h1,3-10,14,33,35H,2,11-13,15-19H2,(H,31,34). The molecule has 0 radical (unpaired) electrons. The van der Waals surface area contributed by atoms with E-state index in [1.165, 1.54) is 6.07 Å². The first-order valence-corrected chi connectivity index (χ1v) is 12.9. The van der Waals surface area contributed by atoms with Crippen molar-refractivity contribution in [2.75, 3.05) is 26.2 Å². The zero-order valence-corrected chi connectivity index (χ0v) is 20.9. The number of piperidine rings is 1. The summed E-state index contributed by atoms with van der Waals surface area (Å²) in [4.78, 5) is 18.3. The molecular weight excluding hydrogens is 476 g/mol. The van der Waals surface area contributed by atoms with E-state index in [2.05, 4.69) is 16.0 Å². The fraction of sp³-hybridized carbons (Fsp3) is 0.345. The lowest BCUT2D eigenvalue weighted by Crippen LogP contribution is -2.42. The van der Waals surface area contributed by atoms with Gasteiger partial charge < -0.3 is 24.8 Å². The molecule has 1 fully saturated rings. The molecule has 6 nitrogen and oxygen atoms in total. The Morgan fingerprint density at radius 2 is 1.89 bits per heavy atom. The van der Waals surface area contributed by atoms with Gasteiger partial charge in [-0.15, -0.1) is 0 Å². The van der Waals surface area contributed by atoms with Crippen molar-refractivity contribution < 1.29 is 14.9 Å². The second-order valence-electron chi connectivity index (χ2n) is 9.59. The summed E-state index contributed by atoms with van der Waals surface area (Å²) in [7, 11) is 0. The highest BCUT2D eigenvalue weighted by atomic mass is 35.5. The number of nitrogens with zero attached hydrogens (tertiary/aromatic N) is 1. The van der Waals surface area contributed by atoms with Crippen molar-refractivity contribution in [3.05, 3.63) is 98.3 Å². The maximum absolute atomic E-state index is 12.9. The van der Waals surface area contributed by atoms with Gasteiger partial charge in [0.1, 0.15) is 5.75 Å². The fourth-order valence-electron chi connectivity index (χ4n) is 5.29. The molecule has 0 bridgehead atoms. The van der Waals surface area contributed by atoms with Crippen LogP contribution in [-0.2, 0) is 18.4 Å². The van der Waals surface area contributed by atoms with Crippen LogP contribution in [0.15, 0.2) is 65.6 Å². The Labute approximate surface area is 215 Å². The van der Waals surface area contributed by atoms with Crippen molar-refractivity contribution in [3.8, 4) is 11.6 Å². The fourth-order valence-corrected chi connectivity index (χ4v) is 5.41. The summed E-state index contributed by atoms with van der Waals surface area (Å²) in [6, 6.07) is 14.8. The van der Waals surface area contributed by atoms with Gasteiger partial charge in [0, 0.05) is 55.5 Å². The van der Waals surface area contributed by atoms with Gasteiger partial charge in [-0.2, -0.15) is 0 Å². The maximum atomic E-state index is 12.9. The van der Waals surface area contributed by atoms with E-state index >= 15 is 0 Å². The Bertz CT molecular complexity index is 1310. The normalized spacial score (nSPS) is 18.2. The van der Waals surface area contributed by atoms with Crippen LogP contribution in [0.1, 0.15) is 41.5 Å². The first-order valence-electron chi connectivity index (χ1n) is 12.5. The van der Waals surface area contributed by atoms with Gasteiger partial charge in [-0.1, -0.05) is 41.9 Å². The average Bonchev–Trinajstić information content (AvgIpc) is 3.04. The van der Waals surface area contributed by atoms with Crippen LogP contribution in [0.2, 0.25) is 5.02 Å². The second kappa shape index (κ2) is 10.6. The molecule has 0 unspecified atom stereocenters. The Kier molecular flexibility index (Phi) is 7.30. The van der Waals surface area contributed by atoms with Gasteiger partial charge in [0.25, 0.3) is 0 Å². The monoisotopic (exact) mass is 506 g/mol. The van der Waals surface area contributed by atoms with Gasteiger partial charge >= 0.3 is 0 Å². The van der Waals surface area contributed by atoms with Crippen LogP contribution in [0.25, 0.3) is 5.57 Å². The molecule has 5 rings (SSSR count). The zero-order valence-electron chi connectivity index (χ0n) is 20.2. The third kappa shape index (κ3) is 5.13. The molecule has 0 spiro atoms. The molecule has 0 atom stereocenters. The van der Waals surface area contributed by atoms with Gasteiger partial charge in [-0.25, -0.2) is 0 Å². The number of aromatic amines is 1. The lowest BCUT2D eigenvalue weighted by molar-refractivity contribution is -0.0254. The molecule has 1 aromatic heterocycles. The van der Waals surface area contributed by atoms with E-state index in [4.69, 9.17) is 16.3 Å². The summed E-state index contributed by atoms with van der Waals surface area (Å²) in [5, 5.41) is 21.4. The Hall–Kier alpha value is -2.90. The Morgan fingerprint density at radius 1 is 1.11 bits per heavy atom. The lowest BCUT2D eigenvalue weighted by Gasteiger charge is -2.38. The molecule has 1 saturated heterocycles. The number of ether oxygens (including phenoxy) is 1. The van der Waals surface area contributed by atoms with Crippen molar-refractivity contribution >= 4 is 17.2 Å². The molecule has 3 N–H and O–H groups in total. The van der Waals surface area contributed by atoms with Gasteiger partial charge in [-0.05, 0) is 60.6 Å². The van der Waals surface area contributed by atoms with Crippen molar-refractivity contribution in [1.82, 2.24) is 9.88 Å². The number of aliphatic hydroxyl groups is 2. The van der Waals surface area contributed by atoms with Gasteiger partial charge in [-0.3, -0.25) is 4.79 Å². The van der Waals surface area contributed by atoms with Gasteiger partial charge in [0.15, 0.2) is 5.43 Å². The van der Waals surface area contributed by atoms with E-state index in [0.29, 0.717) is 47.9 Å². The van der Waals surface area contributed by atoms with Crippen molar-refractivity contribution in [3.63, 3.8) is 0 Å². The molecule has 0 saturated carbocycles. The number of halogens is 1. The van der Waals surface area contributed by atoms with Crippen LogP contribution in [0.5, 0.6) is 11.6 Å². The Balaban J connectivity index is 1.32. The summed E-state index contributed by atoms with van der Waals surface area (Å²) >= 11 is 6.01. The minimum absolute atomic E-state index is 0.0543. The number of likely N-dealkylation sites (tertiary alicyclic amines) is 1. The molecule has 2 aromatic carbocycles. The lowest BCUT2D eigenvalue weighted by atomic mass is 9.84. The topological polar surface area (TPSA) is 85.8 Å². The van der Waals surface area contributed by atoms with E-state index in [1.807, 2.05) is 42.5 Å². The average molecular weight is 507 g/mol. The highest BCUT2D eigenvalue weighted by Crippen LogP contribution is 2.38. The van der Waals surface area contributed by atoms with Crippen LogP contribution >= 0.6 is 11.6 Å². The number of aromatic nitrogens is 1. The number of fused-ring (bicyclic) bond motifs is 2. The SMILES string of the molecule is O=c1cc[nH]c2c1C(=CCCN1CCC(O)(c3ccc(Cl)cc3)CC1)Cc1c(CCO)cccc1O2. The van der Waals surface area contributed by atoms with E-state index in [9.17, 15) is 15.0 Å². The smallest absolute Gasteiger partial charge is 0.208 e. The minimum Gasteiger partial charge on any atom is -0.440 e. The number of benzene rings is 2. The van der Waals surface area contributed by atoms with E-state index in [1.54, 1.807) is 6.20 Å². The van der Waals surface area contributed by atoms with Gasteiger partial charge in [0.2, 0.25) is 5.88 Å². The van der Waals surface area contributed by atoms with Crippen molar-refractivity contribution in [2.24, 2.45) is 0 Å².